The largest absolute Gasteiger partial charge is 0.392 e. The van der Waals surface area contributed by atoms with E-state index in [2.05, 4.69) is 13.8 Å². The second-order valence-electron chi connectivity index (χ2n) is 3.49. The minimum Gasteiger partial charge on any atom is -0.392 e. The molecule has 68 valence electrons. The molecule has 0 aliphatic carbocycles. The molecule has 0 aromatic carbocycles. The molecule has 0 fully saturated rings. The zero-order valence-electron chi connectivity index (χ0n) is 7.52. The highest BCUT2D eigenvalue weighted by Crippen LogP contribution is 2.09. The lowest BCUT2D eigenvalue weighted by Gasteiger charge is -2.07. The number of aliphatic hydroxyl groups is 1. The van der Waals surface area contributed by atoms with E-state index < -0.39 is 0 Å². The molecule has 0 radical (unpaired) electrons. The number of unbranched alkanes of at least 4 members (excludes halogenated alkanes) is 1. The van der Waals surface area contributed by atoms with Gasteiger partial charge in [0.05, 0.1) is 6.10 Å². The lowest BCUT2D eigenvalue weighted by molar-refractivity contribution is 0.183. The summed E-state index contributed by atoms with van der Waals surface area (Å²) in [5, 5.41) is 9.09. The Bertz CT molecular complexity index is 83.6. The average Bonchev–Trinajstić information content (AvgIpc) is 1.97. The van der Waals surface area contributed by atoms with Crippen molar-refractivity contribution in [1.82, 2.24) is 0 Å². The maximum Gasteiger partial charge on any atom is 0.0675 e. The molecule has 0 bridgehead atoms. The molecule has 0 rings (SSSR count). The smallest absolute Gasteiger partial charge is 0.0675 e. The monoisotopic (exact) mass is 178 g/mol. The van der Waals surface area contributed by atoms with E-state index in [0.29, 0.717) is 5.88 Å². The normalized spacial score (nSPS) is 13.9. The highest BCUT2D eigenvalue weighted by atomic mass is 35.5. The summed E-state index contributed by atoms with van der Waals surface area (Å²) in [6.45, 7) is 4.44. The first-order chi connectivity index (χ1) is 5.16. The number of hydrogen-bond donors (Lipinski definition) is 1. The van der Waals surface area contributed by atoms with Crippen molar-refractivity contribution in [3.8, 4) is 0 Å². The van der Waals surface area contributed by atoms with Crippen LogP contribution < -0.4 is 0 Å². The molecule has 1 unspecified atom stereocenters. The fraction of sp³-hybridized carbons (Fsp3) is 1.00. The predicted molar refractivity (Wildman–Crippen MR) is 50.0 cm³/mol. The Labute approximate surface area is 74.8 Å². The van der Waals surface area contributed by atoms with E-state index in [1.54, 1.807) is 0 Å². The summed E-state index contributed by atoms with van der Waals surface area (Å²) in [4.78, 5) is 0. The van der Waals surface area contributed by atoms with E-state index >= 15 is 0 Å². The molecule has 1 atom stereocenters. The lowest BCUT2D eigenvalue weighted by Crippen LogP contribution is -2.07. The van der Waals surface area contributed by atoms with E-state index in [9.17, 15) is 0 Å². The number of rotatable bonds is 6. The average molecular weight is 179 g/mol. The molecule has 0 aliphatic rings. The van der Waals surface area contributed by atoms with Crippen LogP contribution in [-0.4, -0.2) is 17.1 Å². The van der Waals surface area contributed by atoms with Crippen molar-refractivity contribution in [2.75, 3.05) is 5.88 Å². The third-order valence-corrected chi connectivity index (χ3v) is 2.10. The summed E-state index contributed by atoms with van der Waals surface area (Å²) in [6.07, 6.45) is 4.15. The van der Waals surface area contributed by atoms with Crippen molar-refractivity contribution < 1.29 is 5.11 Å². The molecule has 0 spiro atoms. The predicted octanol–water partition coefficient (Wildman–Crippen LogP) is 2.80. The Kier molecular flexibility index (Phi) is 7.09. The maximum atomic E-state index is 9.09. The van der Waals surface area contributed by atoms with Gasteiger partial charge in [-0.05, 0) is 12.3 Å². The first-order valence-corrected chi connectivity index (χ1v) is 4.94. The summed E-state index contributed by atoms with van der Waals surface area (Å²) in [6, 6.07) is 0. The van der Waals surface area contributed by atoms with Gasteiger partial charge in [0.2, 0.25) is 0 Å². The van der Waals surface area contributed by atoms with Gasteiger partial charge < -0.3 is 5.11 Å². The Hall–Kier alpha value is 0.250. The van der Waals surface area contributed by atoms with E-state index in [4.69, 9.17) is 16.7 Å². The van der Waals surface area contributed by atoms with Gasteiger partial charge in [-0.15, -0.1) is 11.6 Å². The Morgan fingerprint density at radius 2 is 1.73 bits per heavy atom. The highest BCUT2D eigenvalue weighted by molar-refractivity contribution is 6.18. The van der Waals surface area contributed by atoms with Crippen molar-refractivity contribution in [1.29, 1.82) is 0 Å². The number of alkyl halides is 1. The zero-order chi connectivity index (χ0) is 8.69. The Morgan fingerprint density at radius 3 is 2.18 bits per heavy atom. The molecule has 11 heavy (non-hydrogen) atoms. The van der Waals surface area contributed by atoms with Gasteiger partial charge in [-0.3, -0.25) is 0 Å². The van der Waals surface area contributed by atoms with Gasteiger partial charge in [-0.1, -0.05) is 33.1 Å². The summed E-state index contributed by atoms with van der Waals surface area (Å²) < 4.78 is 0. The van der Waals surface area contributed by atoms with Gasteiger partial charge >= 0.3 is 0 Å². The van der Waals surface area contributed by atoms with Crippen molar-refractivity contribution >= 4 is 11.6 Å². The van der Waals surface area contributed by atoms with Crippen LogP contribution >= 0.6 is 11.6 Å². The molecular weight excluding hydrogens is 160 g/mol. The zero-order valence-corrected chi connectivity index (χ0v) is 8.27. The molecule has 2 heteroatoms. The van der Waals surface area contributed by atoms with Crippen LogP contribution in [0.25, 0.3) is 0 Å². The Morgan fingerprint density at radius 1 is 1.18 bits per heavy atom. The summed E-state index contributed by atoms with van der Waals surface area (Å²) >= 11 is 5.44. The number of hydrogen-bond acceptors (Lipinski definition) is 1. The summed E-state index contributed by atoms with van der Waals surface area (Å²) in [5.74, 6) is 1.16. The molecule has 0 aliphatic heterocycles. The minimum absolute atomic E-state index is 0.288. The minimum atomic E-state index is -0.288. The van der Waals surface area contributed by atoms with Gasteiger partial charge in [-0.25, -0.2) is 0 Å². The van der Waals surface area contributed by atoms with Gasteiger partial charge in [-0.2, -0.15) is 0 Å². The van der Waals surface area contributed by atoms with Crippen LogP contribution in [0.15, 0.2) is 0 Å². The lowest BCUT2D eigenvalue weighted by atomic mass is 10.0. The first kappa shape index (κ1) is 11.2. The summed E-state index contributed by atoms with van der Waals surface area (Å²) in [7, 11) is 0. The van der Waals surface area contributed by atoms with Crippen molar-refractivity contribution in [2.24, 2.45) is 5.92 Å². The highest BCUT2D eigenvalue weighted by Gasteiger charge is 2.01. The fourth-order valence-electron chi connectivity index (χ4n) is 1.01. The van der Waals surface area contributed by atoms with Crippen molar-refractivity contribution in [2.45, 2.75) is 45.6 Å². The molecule has 0 heterocycles. The number of halogens is 1. The standard InChI is InChI=1S/C9H19ClO/c1-8(2)5-3-4-6-9(11)7-10/h8-9,11H,3-7H2,1-2H3. The van der Waals surface area contributed by atoms with E-state index in [1.807, 2.05) is 0 Å². The Balaban J connectivity index is 3.01. The maximum absolute atomic E-state index is 9.09. The molecule has 0 amide bonds. The van der Waals surface area contributed by atoms with Crippen LogP contribution in [0, 0.1) is 5.92 Å². The van der Waals surface area contributed by atoms with Crippen LogP contribution in [-0.2, 0) is 0 Å². The van der Waals surface area contributed by atoms with Crippen LogP contribution in [0.2, 0.25) is 0 Å². The van der Waals surface area contributed by atoms with Crippen LogP contribution in [0.5, 0.6) is 0 Å². The van der Waals surface area contributed by atoms with Crippen LogP contribution in [0.3, 0.4) is 0 Å². The van der Waals surface area contributed by atoms with Gasteiger partial charge in [0, 0.05) is 5.88 Å². The topological polar surface area (TPSA) is 20.2 Å². The van der Waals surface area contributed by atoms with Crippen LogP contribution in [0.1, 0.15) is 39.5 Å². The van der Waals surface area contributed by atoms with Gasteiger partial charge in [0.15, 0.2) is 0 Å². The van der Waals surface area contributed by atoms with Gasteiger partial charge in [0.25, 0.3) is 0 Å². The third kappa shape index (κ3) is 8.15. The molecule has 1 nitrogen and oxygen atoms in total. The molecule has 0 aromatic rings. The second-order valence-corrected chi connectivity index (χ2v) is 3.80. The first-order valence-electron chi connectivity index (χ1n) is 4.40. The number of aliphatic hydroxyl groups excluding tert-OH is 1. The van der Waals surface area contributed by atoms with E-state index in [-0.39, 0.29) is 6.10 Å². The molecule has 0 aromatic heterocycles. The quantitative estimate of drug-likeness (QED) is 0.490. The summed E-state index contributed by atoms with van der Waals surface area (Å²) in [5.41, 5.74) is 0. The van der Waals surface area contributed by atoms with Crippen LogP contribution in [0.4, 0.5) is 0 Å². The molecular formula is C9H19ClO. The van der Waals surface area contributed by atoms with E-state index in [0.717, 1.165) is 18.8 Å². The molecule has 0 saturated carbocycles. The van der Waals surface area contributed by atoms with Crippen molar-refractivity contribution in [3.05, 3.63) is 0 Å². The third-order valence-electron chi connectivity index (χ3n) is 1.75. The van der Waals surface area contributed by atoms with Gasteiger partial charge in [0.1, 0.15) is 0 Å². The SMILES string of the molecule is CC(C)CCCCC(O)CCl. The van der Waals surface area contributed by atoms with E-state index in [1.165, 1.54) is 12.8 Å². The molecule has 1 N–H and O–H groups in total. The van der Waals surface area contributed by atoms with Crippen molar-refractivity contribution in [3.63, 3.8) is 0 Å². The fourth-order valence-corrected chi connectivity index (χ4v) is 1.16. The second kappa shape index (κ2) is 6.93. The molecule has 0 saturated heterocycles.